The van der Waals surface area contributed by atoms with Crippen LogP contribution in [0.2, 0.25) is 18.1 Å². The molecule has 3 rings (SSSR count). The smallest absolute Gasteiger partial charge is 0.407 e. The molecule has 6 nitrogen and oxygen atoms in total. The van der Waals surface area contributed by atoms with Gasteiger partial charge in [-0.05, 0) is 58.8 Å². The summed E-state index contributed by atoms with van der Waals surface area (Å²) in [5.41, 5.74) is 4.99. The molecule has 0 saturated carbocycles. The van der Waals surface area contributed by atoms with Crippen molar-refractivity contribution in [2.75, 3.05) is 13.2 Å². The Bertz CT molecular complexity index is 1050. The van der Waals surface area contributed by atoms with Crippen LogP contribution in [0.4, 0.5) is 4.79 Å². The molecule has 0 saturated heterocycles. The number of carbonyl (C=O) groups is 2. The average molecular weight is 524 g/mol. The lowest BCUT2D eigenvalue weighted by Gasteiger charge is -2.32. The molecule has 7 heteroatoms. The van der Waals surface area contributed by atoms with Gasteiger partial charge in [0.25, 0.3) is 0 Å². The Morgan fingerprint density at radius 3 is 2.00 bits per heavy atom. The summed E-state index contributed by atoms with van der Waals surface area (Å²) in [4.78, 5) is 24.7. The third-order valence-corrected chi connectivity index (χ3v) is 12.1. The van der Waals surface area contributed by atoms with Gasteiger partial charge in [0.15, 0.2) is 8.32 Å². The highest BCUT2D eigenvalue weighted by Crippen LogP contribution is 2.44. The summed E-state index contributed by atoms with van der Waals surface area (Å²) in [5, 5.41) is 12.6. The minimum atomic E-state index is -2.04. The van der Waals surface area contributed by atoms with Gasteiger partial charge in [-0.1, -0.05) is 83.1 Å². The highest BCUT2D eigenvalue weighted by atomic mass is 28.4. The van der Waals surface area contributed by atoms with Gasteiger partial charge in [0, 0.05) is 18.0 Å². The van der Waals surface area contributed by atoms with Crippen LogP contribution in [-0.2, 0) is 14.0 Å². The Kier molecular flexibility index (Phi) is 10.1. The second-order valence-corrected chi connectivity index (χ2v) is 14.9. The van der Waals surface area contributed by atoms with E-state index in [-0.39, 0.29) is 25.0 Å². The Balaban J connectivity index is 1.71. The summed E-state index contributed by atoms with van der Waals surface area (Å²) < 4.78 is 12.3. The molecule has 2 N–H and O–H groups in total. The number of benzene rings is 2. The summed E-state index contributed by atoms with van der Waals surface area (Å²) in [6, 6.07) is 19.2. The van der Waals surface area contributed by atoms with Gasteiger partial charge in [-0.2, -0.15) is 0 Å². The van der Waals surface area contributed by atoms with E-state index >= 15 is 0 Å². The summed E-state index contributed by atoms with van der Waals surface area (Å²) in [6.45, 7) is 10.8. The maximum Gasteiger partial charge on any atom is 0.407 e. The number of ether oxygens (including phenoxy) is 1. The van der Waals surface area contributed by atoms with Gasteiger partial charge in [0.1, 0.15) is 6.61 Å². The first-order valence-corrected chi connectivity index (χ1v) is 16.0. The first kappa shape index (κ1) is 28.7. The van der Waals surface area contributed by atoms with Crippen LogP contribution < -0.4 is 5.32 Å². The lowest BCUT2D eigenvalue weighted by atomic mass is 9.98. The predicted octanol–water partition coefficient (Wildman–Crippen LogP) is 6.97. The fourth-order valence-electron chi connectivity index (χ4n) is 5.18. The lowest BCUT2D eigenvalue weighted by molar-refractivity contribution is -0.133. The van der Waals surface area contributed by atoms with Crippen LogP contribution in [-0.4, -0.2) is 44.7 Å². The molecule has 0 unspecified atom stereocenters. The number of nitrogens with one attached hydrogen (secondary N) is 1. The van der Waals surface area contributed by atoms with E-state index in [0.29, 0.717) is 12.0 Å². The molecule has 0 spiro atoms. The number of carboxylic acid groups (broad SMARTS) is 1. The van der Waals surface area contributed by atoms with E-state index in [2.05, 4.69) is 50.4 Å². The average Bonchev–Trinajstić information content (AvgIpc) is 3.22. The number of rotatable bonds is 13. The molecule has 1 amide bonds. The number of alkyl carbamates (subject to hydrolysis) is 1. The van der Waals surface area contributed by atoms with E-state index < -0.39 is 26.5 Å². The van der Waals surface area contributed by atoms with E-state index in [1.165, 1.54) is 11.1 Å². The van der Waals surface area contributed by atoms with Crippen LogP contribution in [0, 0.1) is 5.92 Å². The number of hydrogen-bond acceptors (Lipinski definition) is 4. The molecular weight excluding hydrogens is 482 g/mol. The minimum absolute atomic E-state index is 0.0184. The van der Waals surface area contributed by atoms with Gasteiger partial charge in [0.2, 0.25) is 0 Å². The summed E-state index contributed by atoms with van der Waals surface area (Å²) in [7, 11) is -2.04. The second-order valence-electron chi connectivity index (χ2n) is 10.2. The molecular formula is C30H41NO5Si. The summed E-state index contributed by atoms with van der Waals surface area (Å²) in [5.74, 6) is -0.765. The Morgan fingerprint density at radius 2 is 1.51 bits per heavy atom. The van der Waals surface area contributed by atoms with E-state index in [0.717, 1.165) is 29.3 Å². The number of carbonyl (C=O) groups excluding carboxylic acids is 1. The van der Waals surface area contributed by atoms with Crippen molar-refractivity contribution in [3.05, 3.63) is 71.3 Å². The number of amides is 1. The predicted molar refractivity (Wildman–Crippen MR) is 150 cm³/mol. The normalized spacial score (nSPS) is 14.3. The molecule has 0 aromatic heterocycles. The SMILES string of the molecule is CC[Si](CC)(CC)O[C@H](C=C(CC(C)C)C(=O)O)CNC(=O)OCC1c2ccccc2-c2ccccc21. The molecule has 0 heterocycles. The molecule has 37 heavy (non-hydrogen) atoms. The zero-order chi connectivity index (χ0) is 27.0. The number of carboxylic acids is 1. The van der Waals surface area contributed by atoms with Gasteiger partial charge in [-0.25, -0.2) is 9.59 Å². The molecule has 2 aromatic rings. The van der Waals surface area contributed by atoms with Gasteiger partial charge in [0.05, 0.1) is 6.10 Å². The van der Waals surface area contributed by atoms with Crippen molar-refractivity contribution < 1.29 is 23.9 Å². The molecule has 1 aliphatic carbocycles. The van der Waals surface area contributed by atoms with Gasteiger partial charge in [-0.3, -0.25) is 0 Å². The first-order chi connectivity index (χ1) is 17.7. The van der Waals surface area contributed by atoms with Crippen LogP contribution >= 0.6 is 0 Å². The minimum Gasteiger partial charge on any atom is -0.478 e. The van der Waals surface area contributed by atoms with E-state index in [9.17, 15) is 14.7 Å². The maximum atomic E-state index is 12.8. The number of hydrogen-bond donors (Lipinski definition) is 2. The highest BCUT2D eigenvalue weighted by Gasteiger charge is 2.33. The molecule has 0 aliphatic heterocycles. The fraction of sp³-hybridized carbons (Fsp3) is 0.467. The van der Waals surface area contributed by atoms with Gasteiger partial charge >= 0.3 is 12.1 Å². The van der Waals surface area contributed by atoms with Crippen molar-refractivity contribution in [1.82, 2.24) is 5.32 Å². The Hall–Kier alpha value is -2.90. The quantitative estimate of drug-likeness (QED) is 0.219. The fourth-order valence-corrected chi connectivity index (χ4v) is 7.97. The number of aliphatic carboxylic acids is 1. The maximum absolute atomic E-state index is 12.8. The molecule has 0 bridgehead atoms. The first-order valence-electron chi connectivity index (χ1n) is 13.4. The summed E-state index contributed by atoms with van der Waals surface area (Å²) in [6.07, 6.45) is 1.09. The zero-order valence-electron chi connectivity index (χ0n) is 22.8. The molecule has 200 valence electrons. The molecule has 0 radical (unpaired) electrons. The van der Waals surface area contributed by atoms with Crippen molar-refractivity contribution in [2.24, 2.45) is 5.92 Å². The van der Waals surface area contributed by atoms with Crippen LogP contribution in [0.1, 0.15) is 58.1 Å². The monoisotopic (exact) mass is 523 g/mol. The standard InChI is InChI=1S/C30H41NO5Si/c1-6-37(7-2,8-3)36-23(18-22(29(32)33)17-21(4)5)19-31-30(34)35-20-28-26-15-11-9-13-24(26)25-14-10-12-16-27(25)28/h9-16,18,21,23,28H,6-8,17,19-20H2,1-5H3,(H,31,34)(H,32,33)/t23-/m1/s1. The molecule has 1 atom stereocenters. The van der Waals surface area contributed by atoms with Gasteiger partial charge in [-0.15, -0.1) is 0 Å². The van der Waals surface area contributed by atoms with Crippen molar-refractivity contribution in [3.8, 4) is 11.1 Å². The molecule has 2 aromatic carbocycles. The van der Waals surface area contributed by atoms with E-state index in [1.54, 1.807) is 6.08 Å². The largest absolute Gasteiger partial charge is 0.478 e. The van der Waals surface area contributed by atoms with Crippen molar-refractivity contribution in [2.45, 2.75) is 71.2 Å². The topological polar surface area (TPSA) is 84.9 Å². The van der Waals surface area contributed by atoms with Crippen LogP contribution in [0.3, 0.4) is 0 Å². The highest BCUT2D eigenvalue weighted by molar-refractivity contribution is 6.73. The second kappa shape index (κ2) is 13.1. The Morgan fingerprint density at radius 1 is 0.973 bits per heavy atom. The van der Waals surface area contributed by atoms with Crippen molar-refractivity contribution >= 4 is 20.4 Å². The van der Waals surface area contributed by atoms with Crippen LogP contribution in [0.25, 0.3) is 11.1 Å². The van der Waals surface area contributed by atoms with E-state index in [4.69, 9.17) is 9.16 Å². The van der Waals surface area contributed by atoms with Crippen LogP contribution in [0.15, 0.2) is 60.2 Å². The van der Waals surface area contributed by atoms with E-state index in [1.807, 2.05) is 38.1 Å². The summed E-state index contributed by atoms with van der Waals surface area (Å²) >= 11 is 0. The molecule has 0 fully saturated rings. The Labute approximate surface area is 222 Å². The number of fused-ring (bicyclic) bond motifs is 3. The van der Waals surface area contributed by atoms with Crippen LogP contribution in [0.5, 0.6) is 0 Å². The zero-order valence-corrected chi connectivity index (χ0v) is 23.8. The van der Waals surface area contributed by atoms with Crippen molar-refractivity contribution in [3.63, 3.8) is 0 Å². The van der Waals surface area contributed by atoms with Crippen molar-refractivity contribution in [1.29, 1.82) is 0 Å². The lowest BCUT2D eigenvalue weighted by Crippen LogP contribution is -2.44. The molecule has 1 aliphatic rings. The van der Waals surface area contributed by atoms with Gasteiger partial charge < -0.3 is 19.6 Å². The third-order valence-electron chi connectivity index (χ3n) is 7.42. The third kappa shape index (κ3) is 7.11.